The number of nitrogens with two attached hydrogens (primary N) is 1. The number of aromatic nitrogens is 5. The van der Waals surface area contributed by atoms with Crippen molar-refractivity contribution in [2.24, 2.45) is 0 Å². The number of anilines is 2. The number of nitrogens with one attached hydrogen (secondary N) is 1. The minimum atomic E-state index is -0.160. The van der Waals surface area contributed by atoms with Crippen LogP contribution >= 0.6 is 0 Å². The lowest BCUT2D eigenvalue weighted by Gasteiger charge is -2.11. The standard InChI is InChI=1S/C9H13N7O/c1-6(4-17)12-8-13-7(10)14-9(15-8)16-3-2-11-5-16/h2-3,5-6,17H,4H2,1H3,(H3,10,12,13,14,15). The van der Waals surface area contributed by atoms with Crippen LogP contribution in [-0.2, 0) is 0 Å². The van der Waals surface area contributed by atoms with E-state index in [1.165, 1.54) is 0 Å². The van der Waals surface area contributed by atoms with Crippen LogP contribution in [0.15, 0.2) is 18.7 Å². The van der Waals surface area contributed by atoms with E-state index in [-0.39, 0.29) is 18.6 Å². The van der Waals surface area contributed by atoms with Gasteiger partial charge in [-0.1, -0.05) is 0 Å². The lowest BCUT2D eigenvalue weighted by atomic mass is 10.4. The summed E-state index contributed by atoms with van der Waals surface area (Å²) >= 11 is 0. The van der Waals surface area contributed by atoms with Gasteiger partial charge in [0.05, 0.1) is 6.61 Å². The molecule has 17 heavy (non-hydrogen) atoms. The summed E-state index contributed by atoms with van der Waals surface area (Å²) in [7, 11) is 0. The molecule has 2 aromatic heterocycles. The minimum absolute atomic E-state index is 0.0218. The van der Waals surface area contributed by atoms with Crippen molar-refractivity contribution >= 4 is 11.9 Å². The Kier molecular flexibility index (Phi) is 3.15. The summed E-state index contributed by atoms with van der Waals surface area (Å²) in [5.41, 5.74) is 5.58. The highest BCUT2D eigenvalue weighted by Crippen LogP contribution is 2.07. The molecule has 0 aromatic carbocycles. The Hall–Kier alpha value is -2.22. The van der Waals surface area contributed by atoms with Crippen LogP contribution in [0.5, 0.6) is 0 Å². The second-order valence-electron chi connectivity index (χ2n) is 3.52. The Morgan fingerprint density at radius 1 is 1.47 bits per heavy atom. The van der Waals surface area contributed by atoms with Crippen LogP contribution in [0.4, 0.5) is 11.9 Å². The largest absolute Gasteiger partial charge is 0.394 e. The molecule has 0 saturated carbocycles. The molecule has 0 radical (unpaired) electrons. The van der Waals surface area contributed by atoms with Gasteiger partial charge in [0.1, 0.15) is 6.33 Å². The van der Waals surface area contributed by atoms with E-state index in [2.05, 4.69) is 25.3 Å². The molecule has 0 amide bonds. The van der Waals surface area contributed by atoms with Crippen molar-refractivity contribution in [3.05, 3.63) is 18.7 Å². The number of nitrogens with zero attached hydrogens (tertiary/aromatic N) is 5. The Bertz CT molecular complexity index is 484. The van der Waals surface area contributed by atoms with E-state index in [1.807, 2.05) is 0 Å². The van der Waals surface area contributed by atoms with Gasteiger partial charge in [-0.3, -0.25) is 4.57 Å². The smallest absolute Gasteiger partial charge is 0.241 e. The summed E-state index contributed by atoms with van der Waals surface area (Å²) in [6, 6.07) is -0.160. The molecule has 8 nitrogen and oxygen atoms in total. The zero-order valence-corrected chi connectivity index (χ0v) is 9.28. The lowest BCUT2D eigenvalue weighted by Crippen LogP contribution is -2.22. The molecule has 0 aliphatic heterocycles. The van der Waals surface area contributed by atoms with Crippen molar-refractivity contribution < 1.29 is 5.11 Å². The highest BCUT2D eigenvalue weighted by atomic mass is 16.3. The number of aliphatic hydroxyl groups excluding tert-OH is 1. The Morgan fingerprint density at radius 2 is 2.29 bits per heavy atom. The molecule has 0 spiro atoms. The Labute approximate surface area is 97.6 Å². The zero-order valence-electron chi connectivity index (χ0n) is 9.28. The molecule has 90 valence electrons. The molecule has 0 saturated heterocycles. The van der Waals surface area contributed by atoms with Crippen LogP contribution in [0, 0.1) is 0 Å². The fraction of sp³-hybridized carbons (Fsp3) is 0.333. The SMILES string of the molecule is CC(CO)Nc1nc(N)nc(-n2ccnc2)n1. The first-order chi connectivity index (χ1) is 8.19. The molecule has 4 N–H and O–H groups in total. The van der Waals surface area contributed by atoms with Crippen molar-refractivity contribution in [1.29, 1.82) is 0 Å². The van der Waals surface area contributed by atoms with Crippen molar-refractivity contribution in [2.75, 3.05) is 17.7 Å². The quantitative estimate of drug-likeness (QED) is 0.650. The van der Waals surface area contributed by atoms with E-state index in [1.54, 1.807) is 30.2 Å². The molecule has 2 aromatic rings. The van der Waals surface area contributed by atoms with Crippen molar-refractivity contribution in [1.82, 2.24) is 24.5 Å². The van der Waals surface area contributed by atoms with Crippen molar-refractivity contribution in [3.8, 4) is 5.95 Å². The maximum atomic E-state index is 8.94. The predicted octanol–water partition coefficient (Wildman–Crippen LogP) is -0.568. The highest BCUT2D eigenvalue weighted by molar-refractivity contribution is 5.35. The fourth-order valence-electron chi connectivity index (χ4n) is 1.20. The zero-order chi connectivity index (χ0) is 12.3. The predicted molar refractivity (Wildman–Crippen MR) is 61.5 cm³/mol. The van der Waals surface area contributed by atoms with Gasteiger partial charge in [-0.25, -0.2) is 4.98 Å². The van der Waals surface area contributed by atoms with E-state index in [0.29, 0.717) is 11.9 Å². The summed E-state index contributed by atoms with van der Waals surface area (Å²) in [4.78, 5) is 16.0. The molecule has 0 fully saturated rings. The van der Waals surface area contributed by atoms with Crippen molar-refractivity contribution in [3.63, 3.8) is 0 Å². The highest BCUT2D eigenvalue weighted by Gasteiger charge is 2.08. The van der Waals surface area contributed by atoms with E-state index >= 15 is 0 Å². The number of hydrogen-bond acceptors (Lipinski definition) is 7. The van der Waals surface area contributed by atoms with Crippen LogP contribution in [0.2, 0.25) is 0 Å². The molecule has 2 heterocycles. The van der Waals surface area contributed by atoms with E-state index in [0.717, 1.165) is 0 Å². The fourth-order valence-corrected chi connectivity index (χ4v) is 1.20. The van der Waals surface area contributed by atoms with Gasteiger partial charge < -0.3 is 16.2 Å². The third-order valence-corrected chi connectivity index (χ3v) is 2.03. The molecule has 0 aliphatic carbocycles. The van der Waals surface area contributed by atoms with E-state index < -0.39 is 0 Å². The molecule has 0 bridgehead atoms. The second kappa shape index (κ2) is 4.74. The van der Waals surface area contributed by atoms with Gasteiger partial charge >= 0.3 is 0 Å². The van der Waals surface area contributed by atoms with Crippen LogP contribution in [-0.4, -0.2) is 42.3 Å². The van der Waals surface area contributed by atoms with Crippen LogP contribution in [0.1, 0.15) is 6.92 Å². The average molecular weight is 235 g/mol. The van der Waals surface area contributed by atoms with Gasteiger partial charge in [0.15, 0.2) is 0 Å². The molecule has 0 aliphatic rings. The first-order valence-corrected chi connectivity index (χ1v) is 5.06. The monoisotopic (exact) mass is 235 g/mol. The second-order valence-corrected chi connectivity index (χ2v) is 3.52. The van der Waals surface area contributed by atoms with Gasteiger partial charge in [0, 0.05) is 18.4 Å². The van der Waals surface area contributed by atoms with Crippen LogP contribution in [0.3, 0.4) is 0 Å². The summed E-state index contributed by atoms with van der Waals surface area (Å²) in [6.45, 7) is 1.78. The van der Waals surface area contributed by atoms with Gasteiger partial charge in [-0.15, -0.1) is 0 Å². The normalized spacial score (nSPS) is 12.4. The Morgan fingerprint density at radius 3 is 2.94 bits per heavy atom. The first kappa shape index (κ1) is 11.3. The minimum Gasteiger partial charge on any atom is -0.394 e. The molecular formula is C9H13N7O. The van der Waals surface area contributed by atoms with Crippen LogP contribution in [0.25, 0.3) is 5.95 Å². The molecular weight excluding hydrogens is 222 g/mol. The average Bonchev–Trinajstić information content (AvgIpc) is 2.81. The summed E-state index contributed by atoms with van der Waals surface area (Å²) in [6.07, 6.45) is 4.88. The molecule has 8 heteroatoms. The summed E-state index contributed by atoms with van der Waals surface area (Å²) in [5, 5.41) is 11.8. The summed E-state index contributed by atoms with van der Waals surface area (Å²) in [5.74, 6) is 0.807. The van der Waals surface area contributed by atoms with Gasteiger partial charge in [-0.2, -0.15) is 15.0 Å². The molecule has 1 atom stereocenters. The maximum Gasteiger partial charge on any atom is 0.241 e. The van der Waals surface area contributed by atoms with E-state index in [4.69, 9.17) is 10.8 Å². The number of imidazole rings is 1. The van der Waals surface area contributed by atoms with Gasteiger partial charge in [0.25, 0.3) is 0 Å². The third kappa shape index (κ3) is 2.67. The number of nitrogen functional groups attached to an aromatic ring is 1. The van der Waals surface area contributed by atoms with E-state index in [9.17, 15) is 0 Å². The molecule has 2 rings (SSSR count). The number of hydrogen-bond donors (Lipinski definition) is 3. The third-order valence-electron chi connectivity index (χ3n) is 2.03. The summed E-state index contributed by atoms with van der Waals surface area (Å²) < 4.78 is 1.62. The molecule has 1 unspecified atom stereocenters. The Balaban J connectivity index is 2.30. The van der Waals surface area contributed by atoms with Crippen molar-refractivity contribution in [2.45, 2.75) is 13.0 Å². The lowest BCUT2D eigenvalue weighted by molar-refractivity contribution is 0.281. The first-order valence-electron chi connectivity index (χ1n) is 5.06. The number of rotatable bonds is 4. The van der Waals surface area contributed by atoms with Crippen LogP contribution < -0.4 is 11.1 Å². The maximum absolute atomic E-state index is 8.94. The van der Waals surface area contributed by atoms with Gasteiger partial charge in [-0.05, 0) is 6.92 Å². The van der Waals surface area contributed by atoms with Gasteiger partial charge in [0.2, 0.25) is 17.8 Å². The topological polar surface area (TPSA) is 115 Å². The number of aliphatic hydroxyl groups is 1.